The van der Waals surface area contributed by atoms with E-state index in [9.17, 15) is 14.4 Å². The molecule has 3 N–H and O–H groups in total. The minimum Gasteiger partial charge on any atom is -0.475 e. The molecular weight excluding hydrogens is 246 g/mol. The predicted molar refractivity (Wildman–Crippen MR) is 48.0 cm³/mol. The number of carbonyl (C=O) groups is 3. The van der Waals surface area contributed by atoms with Crippen LogP contribution in [0.25, 0.3) is 0 Å². The number of nitrogens with zero attached hydrogens (tertiary/aromatic N) is 3. The highest BCUT2D eigenvalue weighted by Gasteiger charge is 2.19. The lowest BCUT2D eigenvalue weighted by molar-refractivity contribution is 0.0666. The minimum atomic E-state index is -1.64. The van der Waals surface area contributed by atoms with Crippen molar-refractivity contribution in [3.8, 4) is 0 Å². The number of aromatic nitrogens is 3. The molecule has 0 saturated carbocycles. The van der Waals surface area contributed by atoms with Crippen LogP contribution in [-0.2, 0) is 0 Å². The van der Waals surface area contributed by atoms with Crippen LogP contribution in [0.1, 0.15) is 31.9 Å². The Morgan fingerprint density at radius 1 is 0.688 bits per heavy atom. The topological polar surface area (TPSA) is 151 Å². The number of carboxylic acid groups (broad SMARTS) is 3. The molecule has 0 aliphatic heterocycles. The van der Waals surface area contributed by atoms with E-state index in [1.807, 2.05) is 0 Å². The number of aromatic carboxylic acids is 3. The molecule has 0 saturated heterocycles. The highest BCUT2D eigenvalue weighted by atomic mass is 35.5. The van der Waals surface area contributed by atoms with Crippen molar-refractivity contribution < 1.29 is 29.7 Å². The average molecular weight is 250 g/mol. The fraction of sp³-hybridized carbons (Fsp3) is 0. The van der Waals surface area contributed by atoms with E-state index in [-0.39, 0.29) is 12.4 Å². The molecule has 0 spiro atoms. The maximum atomic E-state index is 10.4. The molecule has 0 bridgehead atoms. The summed E-state index contributed by atoms with van der Waals surface area (Å²) in [5.74, 6) is -7.70. The molecule has 0 radical (unpaired) electrons. The third kappa shape index (κ3) is 2.85. The van der Waals surface area contributed by atoms with Gasteiger partial charge < -0.3 is 15.3 Å². The van der Waals surface area contributed by atoms with E-state index in [0.717, 1.165) is 0 Å². The van der Waals surface area contributed by atoms with E-state index in [0.29, 0.717) is 0 Å². The molecule has 86 valence electrons. The van der Waals surface area contributed by atoms with Gasteiger partial charge in [-0.05, 0) is 0 Å². The summed E-state index contributed by atoms with van der Waals surface area (Å²) >= 11 is 0. The van der Waals surface area contributed by atoms with Gasteiger partial charge >= 0.3 is 17.9 Å². The fourth-order valence-electron chi connectivity index (χ4n) is 0.663. The molecule has 9 nitrogen and oxygen atoms in total. The van der Waals surface area contributed by atoms with Gasteiger partial charge in [0, 0.05) is 0 Å². The number of hydrogen-bond acceptors (Lipinski definition) is 6. The van der Waals surface area contributed by atoms with Gasteiger partial charge in [-0.3, -0.25) is 0 Å². The Labute approximate surface area is 93.2 Å². The number of carboxylic acids is 3. The van der Waals surface area contributed by atoms with Gasteiger partial charge in [-0.2, -0.15) is 15.0 Å². The van der Waals surface area contributed by atoms with E-state index < -0.39 is 35.4 Å². The van der Waals surface area contributed by atoms with Crippen molar-refractivity contribution in [1.82, 2.24) is 15.0 Å². The molecule has 0 amide bonds. The smallest absolute Gasteiger partial charge is 0.374 e. The molecule has 0 aromatic carbocycles. The first-order valence-corrected chi connectivity index (χ1v) is 3.37. The first-order chi connectivity index (χ1) is 6.91. The molecular formula is C6H4ClN3O6. The van der Waals surface area contributed by atoms with Crippen LogP contribution in [0.3, 0.4) is 0 Å². The van der Waals surface area contributed by atoms with Crippen molar-refractivity contribution in [2.45, 2.75) is 0 Å². The molecule has 0 fully saturated rings. The van der Waals surface area contributed by atoms with E-state index in [1.165, 1.54) is 0 Å². The molecule has 1 rings (SSSR count). The van der Waals surface area contributed by atoms with Crippen LogP contribution in [0.5, 0.6) is 0 Å². The maximum absolute atomic E-state index is 10.4. The summed E-state index contributed by atoms with van der Waals surface area (Å²) in [6.07, 6.45) is 0. The van der Waals surface area contributed by atoms with Crippen molar-refractivity contribution in [1.29, 1.82) is 0 Å². The van der Waals surface area contributed by atoms with Gasteiger partial charge in [0.25, 0.3) is 0 Å². The van der Waals surface area contributed by atoms with Crippen LogP contribution in [0.4, 0.5) is 0 Å². The van der Waals surface area contributed by atoms with Gasteiger partial charge in [-0.15, -0.1) is 12.4 Å². The van der Waals surface area contributed by atoms with Crippen LogP contribution < -0.4 is 0 Å². The van der Waals surface area contributed by atoms with E-state index in [4.69, 9.17) is 15.3 Å². The zero-order valence-corrected chi connectivity index (χ0v) is 8.13. The lowest BCUT2D eigenvalue weighted by Crippen LogP contribution is -2.17. The lowest BCUT2D eigenvalue weighted by Gasteiger charge is -1.97. The second kappa shape index (κ2) is 4.98. The van der Waals surface area contributed by atoms with Gasteiger partial charge in [0.15, 0.2) is 0 Å². The van der Waals surface area contributed by atoms with Crippen molar-refractivity contribution in [2.24, 2.45) is 0 Å². The van der Waals surface area contributed by atoms with Crippen molar-refractivity contribution in [3.63, 3.8) is 0 Å². The minimum absolute atomic E-state index is 0. The van der Waals surface area contributed by atoms with Crippen molar-refractivity contribution in [2.75, 3.05) is 0 Å². The number of halogens is 1. The molecule has 0 aliphatic rings. The van der Waals surface area contributed by atoms with Crippen LogP contribution in [0.2, 0.25) is 0 Å². The van der Waals surface area contributed by atoms with Gasteiger partial charge in [-0.1, -0.05) is 0 Å². The third-order valence-corrected chi connectivity index (χ3v) is 1.21. The Morgan fingerprint density at radius 3 is 1.00 bits per heavy atom. The Morgan fingerprint density at radius 2 is 0.875 bits per heavy atom. The predicted octanol–water partition coefficient (Wildman–Crippen LogP) is -0.612. The third-order valence-electron chi connectivity index (χ3n) is 1.21. The van der Waals surface area contributed by atoms with Crippen molar-refractivity contribution >= 4 is 30.3 Å². The SMILES string of the molecule is Cl.O=C(O)c1nc(C(=O)O)nc(C(=O)O)n1. The van der Waals surface area contributed by atoms with E-state index in [2.05, 4.69) is 15.0 Å². The summed E-state index contributed by atoms with van der Waals surface area (Å²) in [4.78, 5) is 40.3. The number of hydrogen-bond donors (Lipinski definition) is 3. The van der Waals surface area contributed by atoms with Crippen LogP contribution >= 0.6 is 12.4 Å². The van der Waals surface area contributed by atoms with Gasteiger partial charge in [0.2, 0.25) is 17.5 Å². The molecule has 1 heterocycles. The summed E-state index contributed by atoms with van der Waals surface area (Å²) < 4.78 is 0. The largest absolute Gasteiger partial charge is 0.475 e. The van der Waals surface area contributed by atoms with Gasteiger partial charge in [0.05, 0.1) is 0 Å². The van der Waals surface area contributed by atoms with E-state index in [1.54, 1.807) is 0 Å². The Kier molecular flexibility index (Phi) is 4.27. The normalized spacial score (nSPS) is 9.00. The fourth-order valence-corrected chi connectivity index (χ4v) is 0.663. The molecule has 1 aromatic rings. The molecule has 1 aromatic heterocycles. The standard InChI is InChI=1S/C6H3N3O6.ClH/c10-4(11)1-7-2(5(12)13)9-3(8-1)6(14)15;/h(H,10,11)(H,12,13)(H,14,15);1H. The average Bonchev–Trinajstić information content (AvgIpc) is 2.16. The highest BCUT2D eigenvalue weighted by molar-refractivity contribution is 5.90. The van der Waals surface area contributed by atoms with Gasteiger partial charge in [-0.25, -0.2) is 14.4 Å². The van der Waals surface area contributed by atoms with Crippen LogP contribution in [-0.4, -0.2) is 48.2 Å². The number of rotatable bonds is 3. The highest BCUT2D eigenvalue weighted by Crippen LogP contribution is 1.97. The Bertz CT molecular complexity index is 383. The zero-order valence-electron chi connectivity index (χ0n) is 7.32. The lowest BCUT2D eigenvalue weighted by atomic mass is 10.5. The molecule has 0 atom stereocenters. The van der Waals surface area contributed by atoms with Crippen LogP contribution in [0.15, 0.2) is 0 Å². The molecule has 0 unspecified atom stereocenters. The second-order valence-corrected chi connectivity index (χ2v) is 2.22. The zero-order chi connectivity index (χ0) is 11.6. The Hall–Kier alpha value is -2.29. The van der Waals surface area contributed by atoms with E-state index >= 15 is 0 Å². The van der Waals surface area contributed by atoms with Crippen LogP contribution in [0, 0.1) is 0 Å². The van der Waals surface area contributed by atoms with Crippen molar-refractivity contribution in [3.05, 3.63) is 17.5 Å². The monoisotopic (exact) mass is 249 g/mol. The summed E-state index contributed by atoms with van der Waals surface area (Å²) in [5, 5.41) is 25.4. The first-order valence-electron chi connectivity index (χ1n) is 3.37. The molecule has 10 heteroatoms. The maximum Gasteiger partial charge on any atom is 0.374 e. The summed E-state index contributed by atoms with van der Waals surface area (Å²) in [6, 6.07) is 0. The quantitative estimate of drug-likeness (QED) is 0.637. The molecule has 16 heavy (non-hydrogen) atoms. The first kappa shape index (κ1) is 13.7. The second-order valence-electron chi connectivity index (χ2n) is 2.22. The Balaban J connectivity index is 0.00000225. The summed E-state index contributed by atoms with van der Waals surface area (Å²) in [6.45, 7) is 0. The molecule has 0 aliphatic carbocycles. The summed E-state index contributed by atoms with van der Waals surface area (Å²) in [7, 11) is 0. The summed E-state index contributed by atoms with van der Waals surface area (Å²) in [5.41, 5.74) is 0. The van der Waals surface area contributed by atoms with Gasteiger partial charge in [0.1, 0.15) is 0 Å².